The number of para-hydroxylation sites is 1. The number of H-pyrrole nitrogens is 1. The van der Waals surface area contributed by atoms with Crippen molar-refractivity contribution in [1.29, 1.82) is 0 Å². The van der Waals surface area contributed by atoms with Crippen molar-refractivity contribution in [2.75, 3.05) is 11.9 Å². The molecule has 114 valence electrons. The van der Waals surface area contributed by atoms with Crippen molar-refractivity contribution < 1.29 is 5.11 Å². The molecule has 2 aromatic heterocycles. The maximum absolute atomic E-state index is 9.31. The van der Waals surface area contributed by atoms with Crippen molar-refractivity contribution in [3.05, 3.63) is 60.4 Å². The minimum atomic E-state index is 0.289. The lowest BCUT2D eigenvalue weighted by Gasteiger charge is -2.06. The minimum Gasteiger partial charge on any atom is -0.508 e. The molecule has 0 radical (unpaired) electrons. The molecule has 0 saturated carbocycles. The molecule has 0 spiro atoms. The van der Waals surface area contributed by atoms with Gasteiger partial charge in [0.05, 0.1) is 0 Å². The predicted molar refractivity (Wildman–Crippen MR) is 91.7 cm³/mol. The Hall–Kier alpha value is -3.08. The number of benzene rings is 2. The fraction of sp³-hybridized carbons (Fsp3) is 0.111. The third-order valence-corrected chi connectivity index (χ3v) is 3.93. The molecule has 2 heterocycles. The van der Waals surface area contributed by atoms with Crippen LogP contribution in [0.2, 0.25) is 0 Å². The van der Waals surface area contributed by atoms with Gasteiger partial charge in [-0.2, -0.15) is 0 Å². The van der Waals surface area contributed by atoms with E-state index in [9.17, 15) is 5.11 Å². The average Bonchev–Trinajstić information content (AvgIpc) is 2.96. The van der Waals surface area contributed by atoms with E-state index in [0.717, 1.165) is 46.3 Å². The van der Waals surface area contributed by atoms with Gasteiger partial charge < -0.3 is 15.4 Å². The fourth-order valence-electron chi connectivity index (χ4n) is 2.76. The van der Waals surface area contributed by atoms with Crippen molar-refractivity contribution in [3.63, 3.8) is 0 Å². The van der Waals surface area contributed by atoms with Gasteiger partial charge in [-0.1, -0.05) is 30.3 Å². The number of aromatic nitrogens is 3. The topological polar surface area (TPSA) is 73.8 Å². The molecule has 0 aliphatic carbocycles. The predicted octanol–water partition coefficient (Wildman–Crippen LogP) is 3.47. The molecule has 3 N–H and O–H groups in total. The van der Waals surface area contributed by atoms with Crippen LogP contribution in [0.25, 0.3) is 21.9 Å². The molecule has 4 aromatic rings. The lowest BCUT2D eigenvalue weighted by atomic mass is 10.1. The summed E-state index contributed by atoms with van der Waals surface area (Å²) >= 11 is 0. The van der Waals surface area contributed by atoms with Crippen LogP contribution in [-0.4, -0.2) is 26.6 Å². The number of hydrogen-bond donors (Lipinski definition) is 3. The average molecular weight is 304 g/mol. The van der Waals surface area contributed by atoms with Crippen molar-refractivity contribution in [1.82, 2.24) is 15.0 Å². The molecule has 0 amide bonds. The van der Waals surface area contributed by atoms with Crippen LogP contribution in [0, 0.1) is 0 Å². The Morgan fingerprint density at radius 2 is 1.83 bits per heavy atom. The second kappa shape index (κ2) is 5.61. The molecule has 5 nitrogen and oxygen atoms in total. The highest BCUT2D eigenvalue weighted by Gasteiger charge is 2.09. The summed E-state index contributed by atoms with van der Waals surface area (Å²) in [7, 11) is 0. The van der Waals surface area contributed by atoms with Crippen LogP contribution in [0.1, 0.15) is 5.56 Å². The van der Waals surface area contributed by atoms with Gasteiger partial charge in [-0.25, -0.2) is 9.97 Å². The monoisotopic (exact) mass is 304 g/mol. The highest BCUT2D eigenvalue weighted by Crippen LogP contribution is 2.26. The maximum Gasteiger partial charge on any atom is 0.153 e. The Kier molecular flexibility index (Phi) is 3.31. The summed E-state index contributed by atoms with van der Waals surface area (Å²) in [5.74, 6) is 1.10. The van der Waals surface area contributed by atoms with E-state index in [1.807, 2.05) is 30.3 Å². The Balaban J connectivity index is 1.58. The van der Waals surface area contributed by atoms with Gasteiger partial charge in [-0.05, 0) is 30.2 Å². The van der Waals surface area contributed by atoms with Crippen LogP contribution >= 0.6 is 0 Å². The van der Waals surface area contributed by atoms with Gasteiger partial charge in [0.2, 0.25) is 0 Å². The molecule has 0 bridgehead atoms. The molecular weight excluding hydrogens is 288 g/mol. The molecule has 0 aliphatic rings. The normalized spacial score (nSPS) is 11.1. The highest BCUT2D eigenvalue weighted by atomic mass is 16.3. The molecule has 23 heavy (non-hydrogen) atoms. The molecule has 2 aromatic carbocycles. The van der Waals surface area contributed by atoms with Gasteiger partial charge in [0, 0.05) is 17.4 Å². The Morgan fingerprint density at radius 1 is 1.00 bits per heavy atom. The fourth-order valence-corrected chi connectivity index (χ4v) is 2.76. The van der Waals surface area contributed by atoms with Gasteiger partial charge in [0.25, 0.3) is 0 Å². The lowest BCUT2D eigenvalue weighted by molar-refractivity contribution is 0.475. The molecular formula is C18H16N4O. The minimum absolute atomic E-state index is 0.289. The number of hydrogen-bond acceptors (Lipinski definition) is 4. The number of aromatic amines is 1. The highest BCUT2D eigenvalue weighted by molar-refractivity contribution is 6.07. The van der Waals surface area contributed by atoms with Crippen LogP contribution in [-0.2, 0) is 6.42 Å². The summed E-state index contributed by atoms with van der Waals surface area (Å²) in [6, 6.07) is 15.4. The van der Waals surface area contributed by atoms with Gasteiger partial charge in [0.1, 0.15) is 23.1 Å². The first-order chi connectivity index (χ1) is 11.3. The van der Waals surface area contributed by atoms with E-state index in [4.69, 9.17) is 0 Å². The number of anilines is 1. The van der Waals surface area contributed by atoms with Gasteiger partial charge in [0.15, 0.2) is 5.82 Å². The first-order valence-electron chi connectivity index (χ1n) is 7.54. The van der Waals surface area contributed by atoms with E-state index in [1.165, 1.54) is 0 Å². The molecule has 0 saturated heterocycles. The molecule has 0 unspecified atom stereocenters. The summed E-state index contributed by atoms with van der Waals surface area (Å²) in [6.45, 7) is 0.756. The van der Waals surface area contributed by atoms with E-state index in [1.54, 1.807) is 18.5 Å². The van der Waals surface area contributed by atoms with E-state index in [2.05, 4.69) is 26.3 Å². The Bertz CT molecular complexity index is 960. The van der Waals surface area contributed by atoms with E-state index in [-0.39, 0.29) is 5.75 Å². The van der Waals surface area contributed by atoms with Gasteiger partial charge in [-0.15, -0.1) is 0 Å². The van der Waals surface area contributed by atoms with Crippen molar-refractivity contribution in [2.24, 2.45) is 0 Å². The number of nitrogens with one attached hydrogen (secondary N) is 2. The van der Waals surface area contributed by atoms with Gasteiger partial charge >= 0.3 is 0 Å². The van der Waals surface area contributed by atoms with Crippen LogP contribution in [0.5, 0.6) is 5.75 Å². The number of aromatic hydroxyl groups is 1. The summed E-state index contributed by atoms with van der Waals surface area (Å²) in [5.41, 5.74) is 4.09. The van der Waals surface area contributed by atoms with Crippen LogP contribution < -0.4 is 5.32 Å². The summed E-state index contributed by atoms with van der Waals surface area (Å²) in [4.78, 5) is 12.1. The zero-order valence-electron chi connectivity index (χ0n) is 12.5. The number of fused-ring (bicyclic) bond motifs is 3. The standard InChI is InChI=1S/C18H16N4O/c23-13-7-5-12(6-8-13)9-10-19-18-17-16(20-11-21-18)14-3-1-2-4-15(14)22-17/h1-8,11,22-23H,9-10H2,(H,19,20,21). The maximum atomic E-state index is 9.31. The van der Waals surface area contributed by atoms with Crippen LogP contribution in [0.15, 0.2) is 54.9 Å². The van der Waals surface area contributed by atoms with Crippen molar-refractivity contribution in [2.45, 2.75) is 6.42 Å². The van der Waals surface area contributed by atoms with E-state index < -0.39 is 0 Å². The summed E-state index contributed by atoms with van der Waals surface area (Å²) in [6.07, 6.45) is 2.44. The number of phenols is 1. The first-order valence-corrected chi connectivity index (χ1v) is 7.54. The molecule has 0 fully saturated rings. The third kappa shape index (κ3) is 2.57. The first kappa shape index (κ1) is 13.6. The zero-order chi connectivity index (χ0) is 15.6. The van der Waals surface area contributed by atoms with Crippen LogP contribution in [0.3, 0.4) is 0 Å². The number of phenolic OH excluding ortho intramolecular Hbond substituents is 1. The second-order valence-corrected chi connectivity index (χ2v) is 5.46. The molecule has 0 aliphatic heterocycles. The van der Waals surface area contributed by atoms with Crippen molar-refractivity contribution in [3.8, 4) is 5.75 Å². The number of rotatable bonds is 4. The van der Waals surface area contributed by atoms with E-state index in [0.29, 0.717) is 0 Å². The van der Waals surface area contributed by atoms with Crippen LogP contribution in [0.4, 0.5) is 5.82 Å². The summed E-state index contributed by atoms with van der Waals surface area (Å²) < 4.78 is 0. The molecule has 4 rings (SSSR count). The quantitative estimate of drug-likeness (QED) is 0.540. The molecule has 0 atom stereocenters. The zero-order valence-corrected chi connectivity index (χ0v) is 12.5. The van der Waals surface area contributed by atoms with E-state index >= 15 is 0 Å². The third-order valence-electron chi connectivity index (χ3n) is 3.93. The largest absolute Gasteiger partial charge is 0.508 e. The van der Waals surface area contributed by atoms with Crippen molar-refractivity contribution >= 4 is 27.8 Å². The van der Waals surface area contributed by atoms with Gasteiger partial charge in [-0.3, -0.25) is 0 Å². The second-order valence-electron chi connectivity index (χ2n) is 5.46. The Morgan fingerprint density at radius 3 is 2.70 bits per heavy atom. The SMILES string of the molecule is Oc1ccc(CCNc2ncnc3c2[nH]c2ccccc23)cc1. The smallest absolute Gasteiger partial charge is 0.153 e. The number of nitrogens with zero attached hydrogens (tertiary/aromatic N) is 2. The molecule has 5 heteroatoms. The summed E-state index contributed by atoms with van der Waals surface area (Å²) in [5, 5.41) is 13.8. The lowest BCUT2D eigenvalue weighted by Crippen LogP contribution is -2.07. The Labute approximate surface area is 133 Å².